The number of fused-ring (bicyclic) bond motifs is 3. The number of piperidine rings is 3. The fourth-order valence-electron chi connectivity index (χ4n) is 4.17. The molecular weight excluding hydrogens is 229 g/mol. The molecule has 3 aliphatic heterocycles. The Kier molecular flexibility index (Phi) is 2.03. The Morgan fingerprint density at radius 2 is 2.06 bits per heavy atom. The Bertz CT molecular complexity index is 531. The van der Waals surface area contributed by atoms with Crippen LogP contribution in [0.1, 0.15) is 28.8 Å². The van der Waals surface area contributed by atoms with Gasteiger partial charge in [0.05, 0.1) is 0 Å². The molecule has 1 aliphatic carbocycles. The summed E-state index contributed by atoms with van der Waals surface area (Å²) in [6, 6.07) is 4.72. The summed E-state index contributed by atoms with van der Waals surface area (Å²) in [6.45, 7) is 3.11. The molecule has 2 bridgehead atoms. The lowest BCUT2D eigenvalue weighted by Gasteiger charge is -2.55. The minimum atomic E-state index is -0.287. The van der Waals surface area contributed by atoms with Crippen molar-refractivity contribution in [1.82, 2.24) is 4.90 Å². The monoisotopic (exact) mass is 245 g/mol. The number of hydrogen-bond donors (Lipinski definition) is 0. The largest absolute Gasteiger partial charge is 0.303 e. The van der Waals surface area contributed by atoms with Crippen LogP contribution in [0.2, 0.25) is 0 Å². The summed E-state index contributed by atoms with van der Waals surface area (Å²) in [7, 11) is 0. The first-order valence-corrected chi connectivity index (χ1v) is 6.75. The van der Waals surface area contributed by atoms with Crippen LogP contribution in [0, 0.1) is 17.2 Å². The predicted octanol–water partition coefficient (Wildman–Crippen LogP) is 2.28. The van der Waals surface area contributed by atoms with Crippen molar-refractivity contribution in [3.05, 3.63) is 35.1 Å². The molecule has 0 saturated carbocycles. The number of nitrogens with zero attached hydrogens (tertiary/aromatic N) is 1. The fourth-order valence-corrected chi connectivity index (χ4v) is 4.17. The van der Waals surface area contributed by atoms with Crippen molar-refractivity contribution in [3.8, 4) is 0 Å². The number of halogens is 1. The van der Waals surface area contributed by atoms with E-state index < -0.39 is 0 Å². The second-order valence-corrected chi connectivity index (χ2v) is 5.99. The number of rotatable bonds is 0. The quantitative estimate of drug-likeness (QED) is 0.699. The van der Waals surface area contributed by atoms with Gasteiger partial charge in [0.25, 0.3) is 0 Å². The lowest BCUT2D eigenvalue weighted by molar-refractivity contribution is -0.0218. The third kappa shape index (κ3) is 1.23. The topological polar surface area (TPSA) is 20.3 Å². The van der Waals surface area contributed by atoms with Crippen LogP contribution in [0.25, 0.3) is 0 Å². The summed E-state index contributed by atoms with van der Waals surface area (Å²) in [5, 5.41) is 0. The molecule has 5 rings (SSSR count). The van der Waals surface area contributed by atoms with E-state index in [9.17, 15) is 9.18 Å². The molecule has 0 N–H and O–H groups in total. The zero-order chi connectivity index (χ0) is 12.3. The van der Waals surface area contributed by atoms with E-state index in [1.54, 1.807) is 6.07 Å². The number of carbonyl (C=O) groups excluding carboxylic acids is 1. The van der Waals surface area contributed by atoms with E-state index in [-0.39, 0.29) is 17.0 Å². The summed E-state index contributed by atoms with van der Waals surface area (Å²) in [5.41, 5.74) is 1.53. The van der Waals surface area contributed by atoms with Gasteiger partial charge in [-0.05, 0) is 56.0 Å². The molecule has 94 valence electrons. The van der Waals surface area contributed by atoms with E-state index in [0.717, 1.165) is 44.5 Å². The smallest absolute Gasteiger partial charge is 0.169 e. The number of ketones is 1. The number of hydrogen-bond acceptors (Lipinski definition) is 2. The zero-order valence-corrected chi connectivity index (χ0v) is 10.3. The minimum absolute atomic E-state index is 0.171. The maximum Gasteiger partial charge on any atom is 0.169 e. The highest BCUT2D eigenvalue weighted by Gasteiger charge is 2.54. The fraction of sp³-hybridized carbons (Fsp3) is 0.533. The Labute approximate surface area is 106 Å². The highest BCUT2D eigenvalue weighted by Crippen LogP contribution is 2.51. The number of carbonyl (C=O) groups is 1. The van der Waals surface area contributed by atoms with Gasteiger partial charge >= 0.3 is 0 Å². The molecule has 1 atom stereocenters. The predicted molar refractivity (Wildman–Crippen MR) is 66.0 cm³/mol. The number of Topliss-reactive ketones (excluding diaryl/α,β-unsaturated/α-hetero) is 1. The number of benzene rings is 1. The lowest BCUT2D eigenvalue weighted by Crippen LogP contribution is -2.60. The van der Waals surface area contributed by atoms with E-state index in [2.05, 4.69) is 4.90 Å². The highest BCUT2D eigenvalue weighted by atomic mass is 19.1. The maximum absolute atomic E-state index is 13.4. The summed E-state index contributed by atoms with van der Waals surface area (Å²) >= 11 is 0. The first-order chi connectivity index (χ1) is 8.69. The first kappa shape index (κ1) is 10.7. The molecule has 0 aromatic heterocycles. The van der Waals surface area contributed by atoms with Gasteiger partial charge < -0.3 is 4.90 Å². The normalized spacial score (nSPS) is 37.3. The van der Waals surface area contributed by atoms with Crippen LogP contribution in [-0.2, 0) is 6.42 Å². The highest BCUT2D eigenvalue weighted by molar-refractivity contribution is 6.03. The average Bonchev–Trinajstić information content (AvgIpc) is 2.41. The summed E-state index contributed by atoms with van der Waals surface area (Å²) in [6.07, 6.45) is 2.87. The maximum atomic E-state index is 13.4. The Balaban J connectivity index is 1.86. The van der Waals surface area contributed by atoms with Crippen LogP contribution < -0.4 is 0 Å². The molecular formula is C15H16FNO. The van der Waals surface area contributed by atoms with Gasteiger partial charge in [-0.15, -0.1) is 0 Å². The van der Waals surface area contributed by atoms with E-state index in [1.807, 2.05) is 0 Å². The van der Waals surface area contributed by atoms with Crippen molar-refractivity contribution >= 4 is 5.78 Å². The van der Waals surface area contributed by atoms with Gasteiger partial charge in [0.1, 0.15) is 5.82 Å². The lowest BCUT2D eigenvalue weighted by atomic mass is 9.56. The third-order valence-corrected chi connectivity index (χ3v) is 5.24. The van der Waals surface area contributed by atoms with Gasteiger partial charge in [-0.3, -0.25) is 4.79 Å². The molecule has 2 nitrogen and oxygen atoms in total. The van der Waals surface area contributed by atoms with Gasteiger partial charge in [0, 0.05) is 17.5 Å². The van der Waals surface area contributed by atoms with Crippen molar-refractivity contribution in [2.75, 3.05) is 19.6 Å². The van der Waals surface area contributed by atoms with E-state index >= 15 is 0 Å². The second kappa shape index (κ2) is 3.41. The van der Waals surface area contributed by atoms with E-state index in [4.69, 9.17) is 0 Å². The molecule has 1 unspecified atom stereocenters. The molecule has 4 aliphatic rings. The molecule has 3 fully saturated rings. The van der Waals surface area contributed by atoms with Crippen molar-refractivity contribution in [2.45, 2.75) is 19.3 Å². The van der Waals surface area contributed by atoms with Crippen molar-refractivity contribution < 1.29 is 9.18 Å². The van der Waals surface area contributed by atoms with E-state index in [1.165, 1.54) is 12.1 Å². The first-order valence-electron chi connectivity index (χ1n) is 6.75. The Morgan fingerprint density at radius 3 is 2.83 bits per heavy atom. The molecule has 0 radical (unpaired) electrons. The van der Waals surface area contributed by atoms with Crippen LogP contribution in [0.15, 0.2) is 18.2 Å². The summed E-state index contributed by atoms with van der Waals surface area (Å²) in [4.78, 5) is 15.3. The standard InChI is InChI=1S/C15H16FNO/c16-12-2-1-10-7-11-9-17-5-3-15(11,4-6-17)14(18)13(10)8-12/h1-2,8,11H,3-7,9H2. The van der Waals surface area contributed by atoms with Crippen LogP contribution in [0.4, 0.5) is 4.39 Å². The van der Waals surface area contributed by atoms with Crippen LogP contribution in [0.3, 0.4) is 0 Å². The molecule has 3 saturated heterocycles. The molecule has 0 amide bonds. The molecule has 1 spiro atoms. The SMILES string of the molecule is O=C1c2cc(F)ccc2CC2CN3CCC12CC3. The molecule has 3 heterocycles. The Hall–Kier alpha value is -1.22. The second-order valence-electron chi connectivity index (χ2n) is 5.99. The van der Waals surface area contributed by atoms with Crippen molar-refractivity contribution in [2.24, 2.45) is 11.3 Å². The van der Waals surface area contributed by atoms with Gasteiger partial charge in [-0.25, -0.2) is 4.39 Å². The van der Waals surface area contributed by atoms with Crippen LogP contribution >= 0.6 is 0 Å². The minimum Gasteiger partial charge on any atom is -0.303 e. The molecule has 3 heteroatoms. The zero-order valence-electron chi connectivity index (χ0n) is 10.3. The average molecular weight is 245 g/mol. The van der Waals surface area contributed by atoms with E-state index in [0.29, 0.717) is 11.5 Å². The molecule has 1 aromatic carbocycles. The third-order valence-electron chi connectivity index (χ3n) is 5.24. The van der Waals surface area contributed by atoms with Crippen molar-refractivity contribution in [1.29, 1.82) is 0 Å². The summed E-state index contributed by atoms with van der Waals surface area (Å²) in [5.74, 6) is 0.378. The van der Waals surface area contributed by atoms with Gasteiger partial charge in [-0.2, -0.15) is 0 Å². The van der Waals surface area contributed by atoms with Crippen LogP contribution in [-0.4, -0.2) is 30.3 Å². The van der Waals surface area contributed by atoms with Crippen molar-refractivity contribution in [3.63, 3.8) is 0 Å². The summed E-state index contributed by atoms with van der Waals surface area (Å²) < 4.78 is 13.4. The van der Waals surface area contributed by atoms with Gasteiger partial charge in [-0.1, -0.05) is 6.07 Å². The molecule has 18 heavy (non-hydrogen) atoms. The van der Waals surface area contributed by atoms with Crippen LogP contribution in [0.5, 0.6) is 0 Å². The Morgan fingerprint density at radius 1 is 1.28 bits per heavy atom. The molecule has 1 aromatic rings. The van der Waals surface area contributed by atoms with Gasteiger partial charge in [0.2, 0.25) is 0 Å². The van der Waals surface area contributed by atoms with Gasteiger partial charge in [0.15, 0.2) is 5.78 Å².